The molecule has 0 bridgehead atoms. The van der Waals surface area contributed by atoms with Crippen LogP contribution in [0.4, 0.5) is 0 Å². The molecule has 1 amide bonds. The molecule has 1 aromatic heterocycles. The van der Waals surface area contributed by atoms with Crippen molar-refractivity contribution in [1.29, 1.82) is 0 Å². The van der Waals surface area contributed by atoms with Crippen LogP contribution in [0.2, 0.25) is 0 Å². The Labute approximate surface area is 88.6 Å². The van der Waals surface area contributed by atoms with E-state index in [1.807, 2.05) is 16.8 Å². The zero-order valence-corrected chi connectivity index (χ0v) is 8.57. The van der Waals surface area contributed by atoms with Gasteiger partial charge in [-0.15, -0.1) is 0 Å². The molecule has 1 saturated heterocycles. The number of rotatable bonds is 2. The second-order valence-corrected chi connectivity index (χ2v) is 3.76. The molecule has 0 unspecified atom stereocenters. The summed E-state index contributed by atoms with van der Waals surface area (Å²) in [4.78, 5) is 11.5. The second kappa shape index (κ2) is 4.46. The van der Waals surface area contributed by atoms with Crippen molar-refractivity contribution in [2.45, 2.75) is 18.9 Å². The first-order chi connectivity index (χ1) is 7.33. The van der Waals surface area contributed by atoms with Crippen molar-refractivity contribution in [3.8, 4) is 0 Å². The van der Waals surface area contributed by atoms with Crippen LogP contribution in [0.3, 0.4) is 0 Å². The highest BCUT2D eigenvalue weighted by molar-refractivity contribution is 5.92. The van der Waals surface area contributed by atoms with E-state index in [1.54, 1.807) is 6.07 Å². The maximum atomic E-state index is 11.5. The van der Waals surface area contributed by atoms with Crippen LogP contribution in [-0.4, -0.2) is 23.6 Å². The number of hydrogen-bond donors (Lipinski definition) is 3. The molecule has 2 heterocycles. The molecule has 1 aliphatic rings. The van der Waals surface area contributed by atoms with E-state index in [1.165, 1.54) is 0 Å². The van der Waals surface area contributed by atoms with E-state index in [4.69, 9.17) is 5.84 Å². The molecule has 0 aliphatic carbocycles. The molecule has 4 N–H and O–H groups in total. The number of nitrogen functional groups attached to an aromatic ring is 1. The molecule has 0 aromatic carbocycles. The van der Waals surface area contributed by atoms with Gasteiger partial charge in [-0.2, -0.15) is 0 Å². The van der Waals surface area contributed by atoms with E-state index in [9.17, 15) is 4.79 Å². The minimum absolute atomic E-state index is 0.224. The smallest absolute Gasteiger partial charge is 0.281 e. The zero-order valence-electron chi connectivity index (χ0n) is 8.57. The third-order valence-corrected chi connectivity index (χ3v) is 2.84. The number of nitrogens with zero attached hydrogens (tertiary/aromatic N) is 1. The van der Waals surface area contributed by atoms with Crippen molar-refractivity contribution < 1.29 is 4.79 Å². The highest BCUT2D eigenvalue weighted by Crippen LogP contribution is 2.20. The van der Waals surface area contributed by atoms with Gasteiger partial charge in [0.05, 0.1) is 0 Å². The van der Waals surface area contributed by atoms with Crippen molar-refractivity contribution >= 4 is 5.91 Å². The molecule has 0 atom stereocenters. The van der Waals surface area contributed by atoms with E-state index in [-0.39, 0.29) is 5.91 Å². The van der Waals surface area contributed by atoms with Crippen LogP contribution >= 0.6 is 0 Å². The Balaban J connectivity index is 2.19. The minimum atomic E-state index is -0.224. The second-order valence-electron chi connectivity index (χ2n) is 3.76. The van der Waals surface area contributed by atoms with Crippen LogP contribution < -0.4 is 16.6 Å². The predicted octanol–water partition coefficient (Wildman–Crippen LogP) is 0.0161. The van der Waals surface area contributed by atoms with Gasteiger partial charge in [-0.1, -0.05) is 0 Å². The lowest BCUT2D eigenvalue weighted by Gasteiger charge is -2.25. The molecule has 15 heavy (non-hydrogen) atoms. The minimum Gasteiger partial charge on any atom is -0.340 e. The Bertz CT molecular complexity index is 341. The number of aromatic nitrogens is 1. The number of amides is 1. The van der Waals surface area contributed by atoms with Gasteiger partial charge in [-0.25, -0.2) is 5.84 Å². The van der Waals surface area contributed by atoms with E-state index >= 15 is 0 Å². The van der Waals surface area contributed by atoms with E-state index in [2.05, 4.69) is 10.7 Å². The maximum Gasteiger partial charge on any atom is 0.281 e. The Hall–Kier alpha value is -1.33. The number of piperidine rings is 1. The van der Waals surface area contributed by atoms with Crippen LogP contribution in [0.5, 0.6) is 0 Å². The number of nitrogens with two attached hydrogens (primary N) is 1. The molecule has 5 heteroatoms. The molecule has 0 spiro atoms. The first-order valence-corrected chi connectivity index (χ1v) is 5.21. The van der Waals surface area contributed by atoms with Gasteiger partial charge >= 0.3 is 0 Å². The average molecular weight is 208 g/mol. The van der Waals surface area contributed by atoms with Gasteiger partial charge in [-0.3, -0.25) is 10.2 Å². The summed E-state index contributed by atoms with van der Waals surface area (Å²) in [7, 11) is 0. The lowest BCUT2D eigenvalue weighted by Crippen LogP contribution is -2.34. The number of carbonyl (C=O) groups excluding carboxylic acids is 1. The molecule has 1 aromatic rings. The summed E-state index contributed by atoms with van der Waals surface area (Å²) in [5, 5.41) is 3.30. The van der Waals surface area contributed by atoms with Crippen molar-refractivity contribution in [3.63, 3.8) is 0 Å². The Kier molecular flexibility index (Phi) is 3.03. The number of hydrogen-bond acceptors (Lipinski definition) is 3. The number of carbonyl (C=O) groups is 1. The van der Waals surface area contributed by atoms with Crippen molar-refractivity contribution in [2.75, 3.05) is 13.1 Å². The molecule has 82 valence electrons. The molecule has 1 fully saturated rings. The van der Waals surface area contributed by atoms with Crippen LogP contribution in [0.1, 0.15) is 29.4 Å². The summed E-state index contributed by atoms with van der Waals surface area (Å²) < 4.78 is 2.02. The number of nitrogens with one attached hydrogen (secondary N) is 2. The summed E-state index contributed by atoms with van der Waals surface area (Å²) in [6.45, 7) is 2.01. The summed E-state index contributed by atoms with van der Waals surface area (Å²) in [6.07, 6.45) is 4.06. The van der Waals surface area contributed by atoms with Gasteiger partial charge in [0.25, 0.3) is 5.91 Å². The van der Waals surface area contributed by atoms with Crippen molar-refractivity contribution in [3.05, 3.63) is 24.0 Å². The topological polar surface area (TPSA) is 72.1 Å². The SMILES string of the molecule is NNC(=O)c1cccn1C1CCNCC1. The van der Waals surface area contributed by atoms with Crippen LogP contribution in [-0.2, 0) is 0 Å². The monoisotopic (exact) mass is 208 g/mol. The van der Waals surface area contributed by atoms with Crippen molar-refractivity contribution in [1.82, 2.24) is 15.3 Å². The fourth-order valence-electron chi connectivity index (χ4n) is 2.06. The van der Waals surface area contributed by atoms with Gasteiger partial charge < -0.3 is 9.88 Å². The Morgan fingerprint density at radius 3 is 2.93 bits per heavy atom. The highest BCUT2D eigenvalue weighted by Gasteiger charge is 2.19. The van der Waals surface area contributed by atoms with Crippen LogP contribution in [0.25, 0.3) is 0 Å². The standard InChI is InChI=1S/C10H16N4O/c11-13-10(15)9-2-1-7-14(9)8-3-5-12-6-4-8/h1-2,7-8,12H,3-6,11H2,(H,13,15). The Morgan fingerprint density at radius 1 is 1.53 bits per heavy atom. The van der Waals surface area contributed by atoms with E-state index < -0.39 is 0 Å². The summed E-state index contributed by atoms with van der Waals surface area (Å²) >= 11 is 0. The van der Waals surface area contributed by atoms with Crippen LogP contribution in [0.15, 0.2) is 18.3 Å². The zero-order chi connectivity index (χ0) is 10.7. The summed E-state index contributed by atoms with van der Waals surface area (Å²) in [5.41, 5.74) is 2.81. The normalized spacial score (nSPS) is 17.7. The average Bonchev–Trinajstić information content (AvgIpc) is 2.78. The molecular weight excluding hydrogens is 192 g/mol. The van der Waals surface area contributed by atoms with Gasteiger partial charge in [0.2, 0.25) is 0 Å². The highest BCUT2D eigenvalue weighted by atomic mass is 16.2. The summed E-state index contributed by atoms with van der Waals surface area (Å²) in [6, 6.07) is 4.09. The largest absolute Gasteiger partial charge is 0.340 e. The molecule has 0 saturated carbocycles. The predicted molar refractivity (Wildman–Crippen MR) is 57.2 cm³/mol. The van der Waals surface area contributed by atoms with Gasteiger partial charge in [-0.05, 0) is 38.1 Å². The molecule has 2 rings (SSSR count). The lowest BCUT2D eigenvalue weighted by atomic mass is 10.1. The van der Waals surface area contributed by atoms with Crippen molar-refractivity contribution in [2.24, 2.45) is 5.84 Å². The van der Waals surface area contributed by atoms with Gasteiger partial charge in [0.15, 0.2) is 0 Å². The molecule has 0 radical (unpaired) electrons. The fraction of sp³-hybridized carbons (Fsp3) is 0.500. The maximum absolute atomic E-state index is 11.5. The molecule has 1 aliphatic heterocycles. The summed E-state index contributed by atoms with van der Waals surface area (Å²) in [5.74, 6) is 4.91. The Morgan fingerprint density at radius 2 is 2.27 bits per heavy atom. The van der Waals surface area contributed by atoms with Gasteiger partial charge in [0, 0.05) is 12.2 Å². The fourth-order valence-corrected chi connectivity index (χ4v) is 2.06. The van der Waals surface area contributed by atoms with Gasteiger partial charge in [0.1, 0.15) is 5.69 Å². The first-order valence-electron chi connectivity index (χ1n) is 5.21. The van der Waals surface area contributed by atoms with E-state index in [0.29, 0.717) is 11.7 Å². The third-order valence-electron chi connectivity index (χ3n) is 2.84. The van der Waals surface area contributed by atoms with Crippen LogP contribution in [0, 0.1) is 0 Å². The first kappa shape index (κ1) is 10.2. The number of hydrazine groups is 1. The third kappa shape index (κ3) is 2.03. The lowest BCUT2D eigenvalue weighted by molar-refractivity contribution is 0.0941. The quantitative estimate of drug-likeness (QED) is 0.364. The molecular formula is C10H16N4O. The van der Waals surface area contributed by atoms with E-state index in [0.717, 1.165) is 25.9 Å². The molecule has 5 nitrogen and oxygen atoms in total.